The smallest absolute Gasteiger partial charge is 0.187 e. The standard InChI is InChI=1S/C61H104O28/c1-24(26-16-17-59(7)34-13-11-27-28(61(34,9)35(66)18-60(26,59)8)12-15-36(57(27,3)4)86-54-47(76)44(73)41(70)31(21-64)83-54)10-14-37(58(5,6)79)87-56-51(89-55-48(77)45(74)42(71)32(22-65)84-55)49(78)50(88-53-39(68)25(2)38(67)29(19-62)82-53)33(85-56)23-80-52-46(75)43(72)40(69)30(20-63)81-52/h11,24-26,28-56,62-79H,10,12-23H2,1-9H3/t24-,25+,26?,28?,29-,30-,31-,32+,33-,34?,35-,36+,37-,38+,39-,40-,41-,42+,43+,44+,45-,46-,47-,48+,49+,50-,51-,52+,53-,54+,55-,56+,59+,60-,61+/m1/s1. The van der Waals surface area contributed by atoms with Crippen LogP contribution >= 0.6 is 0 Å². The molecule has 28 heteroatoms. The van der Waals surface area contributed by atoms with Crippen molar-refractivity contribution in [3.8, 4) is 0 Å². The molecule has 3 unspecified atom stereocenters. The van der Waals surface area contributed by atoms with Crippen LogP contribution < -0.4 is 0 Å². The average Bonchev–Trinajstić information content (AvgIpc) is 1.66. The van der Waals surface area contributed by atoms with Gasteiger partial charge in [0.2, 0.25) is 0 Å². The molecule has 5 saturated heterocycles. The minimum atomic E-state index is -2.03. The number of aliphatic hydroxyl groups excluding tert-OH is 17. The highest BCUT2D eigenvalue weighted by Gasteiger charge is 2.71. The van der Waals surface area contributed by atoms with Crippen molar-refractivity contribution in [1.29, 1.82) is 0 Å². The molecule has 0 amide bonds. The van der Waals surface area contributed by atoms with Gasteiger partial charge in [0.25, 0.3) is 0 Å². The van der Waals surface area contributed by atoms with Gasteiger partial charge in [-0.2, -0.15) is 0 Å². The molecule has 4 aliphatic carbocycles. The van der Waals surface area contributed by atoms with Gasteiger partial charge in [-0.05, 0) is 99.7 Å². The van der Waals surface area contributed by atoms with Gasteiger partial charge in [0.1, 0.15) is 110 Å². The number of hydrogen-bond acceptors (Lipinski definition) is 28. The van der Waals surface area contributed by atoms with E-state index in [1.54, 1.807) is 0 Å². The molecule has 0 aromatic carbocycles. The van der Waals surface area contributed by atoms with Gasteiger partial charge in [-0.25, -0.2) is 0 Å². The molecular formula is C61H104O28. The highest BCUT2D eigenvalue weighted by atomic mass is 16.8. The number of ether oxygens (including phenoxy) is 10. The van der Waals surface area contributed by atoms with Gasteiger partial charge in [0.15, 0.2) is 31.5 Å². The Kier molecular flexibility index (Phi) is 22.3. The maximum atomic E-state index is 12.8. The normalized spacial score (nSPS) is 51.8. The van der Waals surface area contributed by atoms with E-state index in [2.05, 4.69) is 47.6 Å². The van der Waals surface area contributed by atoms with Gasteiger partial charge < -0.3 is 139 Å². The zero-order valence-electron chi connectivity index (χ0n) is 52.4. The van der Waals surface area contributed by atoms with E-state index in [0.717, 1.165) is 18.4 Å². The first-order valence-electron chi connectivity index (χ1n) is 31.9. The van der Waals surface area contributed by atoms with Gasteiger partial charge in [0.05, 0.1) is 63.1 Å². The third kappa shape index (κ3) is 13.0. The first-order chi connectivity index (χ1) is 41.7. The Morgan fingerprint density at radius 2 is 1.02 bits per heavy atom. The Morgan fingerprint density at radius 3 is 1.56 bits per heavy atom. The van der Waals surface area contributed by atoms with E-state index < -0.39 is 227 Å². The summed E-state index contributed by atoms with van der Waals surface area (Å²) in [5.41, 5.74) is -2.35. The lowest BCUT2D eigenvalue weighted by molar-refractivity contribution is -0.396. The van der Waals surface area contributed by atoms with Crippen LogP contribution in [-0.2, 0) is 47.4 Å². The molecule has 0 aromatic heterocycles. The zero-order valence-corrected chi connectivity index (χ0v) is 52.4. The molecule has 5 aliphatic heterocycles. The van der Waals surface area contributed by atoms with Crippen LogP contribution in [0.5, 0.6) is 0 Å². The Bertz CT molecular complexity index is 2340. The summed E-state index contributed by atoms with van der Waals surface area (Å²) in [6, 6.07) is 0. The van der Waals surface area contributed by atoms with Crippen LogP contribution in [0.4, 0.5) is 0 Å². The zero-order chi connectivity index (χ0) is 65.5. The molecule has 0 spiro atoms. The van der Waals surface area contributed by atoms with E-state index in [1.165, 1.54) is 20.8 Å². The lowest BCUT2D eigenvalue weighted by Gasteiger charge is -2.67. The van der Waals surface area contributed by atoms with Gasteiger partial charge in [-0.1, -0.05) is 60.1 Å². The van der Waals surface area contributed by atoms with Crippen molar-refractivity contribution in [3.05, 3.63) is 11.6 Å². The molecule has 9 rings (SSSR count). The van der Waals surface area contributed by atoms with Gasteiger partial charge in [-0.15, -0.1) is 0 Å². The van der Waals surface area contributed by atoms with Gasteiger partial charge >= 0.3 is 0 Å². The molecule has 516 valence electrons. The predicted octanol–water partition coefficient (Wildman–Crippen LogP) is -4.13. The predicted molar refractivity (Wildman–Crippen MR) is 303 cm³/mol. The molecule has 5 heterocycles. The van der Waals surface area contributed by atoms with E-state index in [4.69, 9.17) is 47.4 Å². The topological polar surface area (TPSA) is 456 Å². The van der Waals surface area contributed by atoms with Crippen LogP contribution in [-0.4, -0.2) is 296 Å². The number of allylic oxidation sites excluding steroid dienone is 1. The molecule has 8 fully saturated rings. The van der Waals surface area contributed by atoms with Crippen molar-refractivity contribution in [2.75, 3.05) is 33.0 Å². The lowest BCUT2D eigenvalue weighted by atomic mass is 9.38. The Labute approximate surface area is 518 Å². The minimum absolute atomic E-state index is 0.0262. The van der Waals surface area contributed by atoms with Crippen LogP contribution in [0.1, 0.15) is 114 Å². The van der Waals surface area contributed by atoms with E-state index in [1.807, 2.05) is 0 Å². The molecule has 3 saturated carbocycles. The van der Waals surface area contributed by atoms with Crippen molar-refractivity contribution in [2.24, 2.45) is 51.2 Å². The number of rotatable bonds is 20. The SMILES string of the molecule is C[C@@H]1[C@@H](O)[C@@H](O[C@H]2[C@H](O)[C@@H](O[C@H]3O[C@@H](CO)[C@H](O)[C@@H](O)[C@@H]3O)[C@H](O[C@H](CC[C@@H](C)C3CC[C@@]4(C)C5CC=C6C(CC[C@H](O[C@@H]7O[C@H](CO)[C@@H](O)[C@H](O)[C@H]7O)C6(C)C)[C@]5(C)[C@H](O)C[C@]34C)C(C)(C)O)O[C@@H]2CO[C@H]2O[C@H](CO)[C@@H](O)[C@H](O)[C@H]2O)O[C@H](CO)[C@H]1O. The van der Waals surface area contributed by atoms with Crippen molar-refractivity contribution in [2.45, 2.75) is 285 Å². The average molecular weight is 1290 g/mol. The quantitative estimate of drug-likeness (QED) is 0.0515. The molecule has 0 aromatic rings. The monoisotopic (exact) mass is 1280 g/mol. The number of hydrogen-bond donors (Lipinski definition) is 18. The highest BCUT2D eigenvalue weighted by molar-refractivity contribution is 5.32. The Hall–Kier alpha value is -1.38. The second-order valence-corrected chi connectivity index (χ2v) is 29.0. The molecule has 9 aliphatic rings. The fourth-order valence-electron chi connectivity index (χ4n) is 17.3. The molecule has 35 atom stereocenters. The summed E-state index contributed by atoms with van der Waals surface area (Å²) in [7, 11) is 0. The van der Waals surface area contributed by atoms with Crippen molar-refractivity contribution in [3.63, 3.8) is 0 Å². The summed E-state index contributed by atoms with van der Waals surface area (Å²) in [5, 5.41) is 197. The van der Waals surface area contributed by atoms with E-state index in [0.29, 0.717) is 32.1 Å². The van der Waals surface area contributed by atoms with Crippen LogP contribution in [0.3, 0.4) is 0 Å². The van der Waals surface area contributed by atoms with Crippen molar-refractivity contribution < 1.29 is 139 Å². The Morgan fingerprint density at radius 1 is 0.539 bits per heavy atom. The van der Waals surface area contributed by atoms with Crippen LogP contribution in [0, 0.1) is 51.2 Å². The first-order valence-corrected chi connectivity index (χ1v) is 31.9. The maximum absolute atomic E-state index is 12.8. The molecule has 89 heavy (non-hydrogen) atoms. The summed E-state index contributed by atoms with van der Waals surface area (Å²) in [6.45, 7) is 13.9. The van der Waals surface area contributed by atoms with Crippen molar-refractivity contribution >= 4 is 0 Å². The number of fused-ring (bicyclic) bond motifs is 5. The third-order valence-electron chi connectivity index (χ3n) is 23.3. The second-order valence-electron chi connectivity index (χ2n) is 29.0. The number of aliphatic hydroxyl groups is 18. The van der Waals surface area contributed by atoms with E-state index >= 15 is 0 Å². The van der Waals surface area contributed by atoms with E-state index in [9.17, 15) is 91.9 Å². The highest BCUT2D eigenvalue weighted by Crippen LogP contribution is 2.75. The van der Waals surface area contributed by atoms with Crippen LogP contribution in [0.25, 0.3) is 0 Å². The van der Waals surface area contributed by atoms with Crippen LogP contribution in [0.2, 0.25) is 0 Å². The summed E-state index contributed by atoms with van der Waals surface area (Å²) in [6.07, 6.45) is -35.5. The largest absolute Gasteiger partial charge is 0.394 e. The summed E-state index contributed by atoms with van der Waals surface area (Å²) in [5.74, 6) is -0.952. The molecule has 0 radical (unpaired) electrons. The minimum Gasteiger partial charge on any atom is -0.394 e. The van der Waals surface area contributed by atoms with E-state index in [-0.39, 0.29) is 35.5 Å². The summed E-state index contributed by atoms with van der Waals surface area (Å²) in [4.78, 5) is 0. The molecular weight excluding hydrogens is 1180 g/mol. The van der Waals surface area contributed by atoms with Crippen LogP contribution in [0.15, 0.2) is 11.6 Å². The molecule has 18 N–H and O–H groups in total. The lowest BCUT2D eigenvalue weighted by Crippen LogP contribution is -2.67. The third-order valence-corrected chi connectivity index (χ3v) is 23.3. The first kappa shape index (κ1) is 71.9. The van der Waals surface area contributed by atoms with Gasteiger partial charge in [0, 0.05) is 16.7 Å². The molecule has 0 bridgehead atoms. The fraction of sp³-hybridized carbons (Fsp3) is 0.967. The van der Waals surface area contributed by atoms with Crippen molar-refractivity contribution in [1.82, 2.24) is 0 Å². The fourth-order valence-corrected chi connectivity index (χ4v) is 17.3. The Balaban J connectivity index is 0.967. The molecule has 28 nitrogen and oxygen atoms in total. The summed E-state index contributed by atoms with van der Waals surface area (Å²) >= 11 is 0. The second kappa shape index (κ2) is 27.6. The van der Waals surface area contributed by atoms with Gasteiger partial charge in [-0.3, -0.25) is 0 Å². The summed E-state index contributed by atoms with van der Waals surface area (Å²) < 4.78 is 61.2. The maximum Gasteiger partial charge on any atom is 0.187 e.